The van der Waals surface area contributed by atoms with Gasteiger partial charge in [0.05, 0.1) is 0 Å². The summed E-state index contributed by atoms with van der Waals surface area (Å²) < 4.78 is 0. The van der Waals surface area contributed by atoms with Crippen LogP contribution in [0.1, 0.15) is 60.2 Å². The van der Waals surface area contributed by atoms with E-state index in [0.717, 1.165) is 24.7 Å². The predicted octanol–water partition coefficient (Wildman–Crippen LogP) is 3.32. The molecule has 0 radical (unpaired) electrons. The molecule has 0 aliphatic carbocycles. The molecule has 1 rings (SSSR count). The van der Waals surface area contributed by atoms with E-state index in [9.17, 15) is 0 Å². The van der Waals surface area contributed by atoms with Gasteiger partial charge in [-0.05, 0) is 12.8 Å². The molecule has 0 spiro atoms. The zero-order valence-electron chi connectivity index (χ0n) is 14.4. The van der Waals surface area contributed by atoms with Gasteiger partial charge in [-0.2, -0.15) is 0 Å². The van der Waals surface area contributed by atoms with E-state index in [1.165, 1.54) is 12.8 Å². The van der Waals surface area contributed by atoms with E-state index in [-0.39, 0.29) is 5.41 Å². The maximum absolute atomic E-state index is 5.57. The van der Waals surface area contributed by atoms with Crippen molar-refractivity contribution in [2.24, 2.45) is 11.8 Å². The first-order valence-corrected chi connectivity index (χ1v) is 7.96. The highest BCUT2D eigenvalue weighted by atomic mass is 15.3. The largest absolute Gasteiger partial charge is 0.356 e. The first-order valence-electron chi connectivity index (χ1n) is 7.96. The van der Waals surface area contributed by atoms with E-state index < -0.39 is 0 Å². The molecule has 5 heteroatoms. The van der Waals surface area contributed by atoms with Gasteiger partial charge in [-0.25, -0.2) is 15.8 Å². The number of hydrogen-bond acceptors (Lipinski definition) is 5. The third-order valence-corrected chi connectivity index (χ3v) is 3.87. The van der Waals surface area contributed by atoms with E-state index in [2.05, 4.69) is 56.9 Å². The average molecular weight is 293 g/mol. The van der Waals surface area contributed by atoms with Crippen LogP contribution >= 0.6 is 0 Å². The summed E-state index contributed by atoms with van der Waals surface area (Å²) in [7, 11) is 0. The summed E-state index contributed by atoms with van der Waals surface area (Å²) in [4.78, 5) is 11.6. The minimum Gasteiger partial charge on any atom is -0.356 e. The fraction of sp³-hybridized carbons (Fsp3) is 0.750. The Morgan fingerprint density at radius 1 is 1.19 bits per heavy atom. The van der Waals surface area contributed by atoms with Crippen molar-refractivity contribution < 1.29 is 0 Å². The Bertz CT molecular complexity index is 435. The summed E-state index contributed by atoms with van der Waals surface area (Å²) in [5.41, 5.74) is 2.56. The standard InChI is InChI=1S/C16H31N5/c1-7-12(8-2)11-21(9-3)14-10-13(20-17)18-15(19-14)16(4,5)6/h10,12H,7-9,11,17H2,1-6H3,(H,18,19,20). The number of aromatic nitrogens is 2. The minimum absolute atomic E-state index is 0.101. The third-order valence-electron chi connectivity index (χ3n) is 3.87. The van der Waals surface area contributed by atoms with Crippen molar-refractivity contribution in [2.45, 2.75) is 59.8 Å². The van der Waals surface area contributed by atoms with Gasteiger partial charge in [-0.3, -0.25) is 0 Å². The van der Waals surface area contributed by atoms with Crippen LogP contribution in [-0.2, 0) is 5.41 Å². The number of nitrogens with one attached hydrogen (secondary N) is 1. The molecule has 5 nitrogen and oxygen atoms in total. The first-order chi connectivity index (χ1) is 9.85. The zero-order chi connectivity index (χ0) is 16.0. The molecule has 1 aromatic heterocycles. The van der Waals surface area contributed by atoms with Crippen molar-refractivity contribution >= 4 is 11.6 Å². The highest BCUT2D eigenvalue weighted by Crippen LogP contribution is 2.24. The van der Waals surface area contributed by atoms with E-state index >= 15 is 0 Å². The third kappa shape index (κ3) is 4.84. The Kier molecular flexibility index (Phi) is 6.40. The molecule has 1 heterocycles. The monoisotopic (exact) mass is 293 g/mol. The molecular weight excluding hydrogens is 262 g/mol. The van der Waals surface area contributed by atoms with Crippen LogP contribution in [0.5, 0.6) is 0 Å². The highest BCUT2D eigenvalue weighted by Gasteiger charge is 2.21. The van der Waals surface area contributed by atoms with E-state index in [1.54, 1.807) is 0 Å². The summed E-state index contributed by atoms with van der Waals surface area (Å²) >= 11 is 0. The zero-order valence-corrected chi connectivity index (χ0v) is 14.4. The number of nitrogen functional groups attached to an aromatic ring is 1. The van der Waals surface area contributed by atoms with Gasteiger partial charge in [0.2, 0.25) is 0 Å². The van der Waals surface area contributed by atoms with Crippen molar-refractivity contribution in [3.05, 3.63) is 11.9 Å². The Labute approximate surface area is 129 Å². The second kappa shape index (κ2) is 7.59. The predicted molar refractivity (Wildman–Crippen MR) is 90.5 cm³/mol. The second-order valence-electron chi connectivity index (χ2n) is 6.55. The molecule has 0 atom stereocenters. The van der Waals surface area contributed by atoms with Crippen LogP contribution in [0.2, 0.25) is 0 Å². The molecule has 0 saturated heterocycles. The second-order valence-corrected chi connectivity index (χ2v) is 6.55. The van der Waals surface area contributed by atoms with Gasteiger partial charge in [0.1, 0.15) is 17.5 Å². The summed E-state index contributed by atoms with van der Waals surface area (Å²) in [5.74, 6) is 8.70. The summed E-state index contributed by atoms with van der Waals surface area (Å²) in [6.45, 7) is 15.0. The smallest absolute Gasteiger partial charge is 0.145 e. The lowest BCUT2D eigenvalue weighted by Crippen LogP contribution is -2.31. The molecule has 0 aliphatic heterocycles. The van der Waals surface area contributed by atoms with Gasteiger partial charge < -0.3 is 10.3 Å². The minimum atomic E-state index is -0.101. The first kappa shape index (κ1) is 17.7. The molecule has 0 bridgehead atoms. The van der Waals surface area contributed by atoms with Crippen LogP contribution in [0.3, 0.4) is 0 Å². The maximum atomic E-state index is 5.57. The quantitative estimate of drug-likeness (QED) is 0.596. The van der Waals surface area contributed by atoms with Gasteiger partial charge in [0, 0.05) is 24.6 Å². The SMILES string of the molecule is CCC(CC)CN(CC)c1cc(NN)nc(C(C)(C)C)n1. The van der Waals surface area contributed by atoms with Crippen molar-refractivity contribution in [1.82, 2.24) is 9.97 Å². The van der Waals surface area contributed by atoms with Crippen LogP contribution in [-0.4, -0.2) is 23.1 Å². The molecule has 0 aromatic carbocycles. The number of hydrogen-bond donors (Lipinski definition) is 2. The van der Waals surface area contributed by atoms with Crippen molar-refractivity contribution in [3.8, 4) is 0 Å². The average Bonchev–Trinajstić information content (AvgIpc) is 2.47. The lowest BCUT2D eigenvalue weighted by Gasteiger charge is -2.28. The summed E-state index contributed by atoms with van der Waals surface area (Å²) in [6, 6.07) is 1.93. The number of anilines is 2. The van der Waals surface area contributed by atoms with Crippen LogP contribution in [0.4, 0.5) is 11.6 Å². The van der Waals surface area contributed by atoms with Crippen LogP contribution in [0.15, 0.2) is 6.07 Å². The van der Waals surface area contributed by atoms with Crippen LogP contribution in [0, 0.1) is 5.92 Å². The van der Waals surface area contributed by atoms with Crippen molar-refractivity contribution in [2.75, 3.05) is 23.4 Å². The van der Waals surface area contributed by atoms with Crippen molar-refractivity contribution in [3.63, 3.8) is 0 Å². The fourth-order valence-electron chi connectivity index (χ4n) is 2.25. The maximum Gasteiger partial charge on any atom is 0.145 e. The van der Waals surface area contributed by atoms with Crippen LogP contribution in [0.25, 0.3) is 0 Å². The van der Waals surface area contributed by atoms with Gasteiger partial charge in [0.25, 0.3) is 0 Å². The summed E-state index contributed by atoms with van der Waals surface area (Å²) in [6.07, 6.45) is 2.37. The Hall–Kier alpha value is -1.36. The Morgan fingerprint density at radius 3 is 2.24 bits per heavy atom. The molecule has 1 aromatic rings. The number of hydrazine groups is 1. The Morgan fingerprint density at radius 2 is 1.81 bits per heavy atom. The molecule has 21 heavy (non-hydrogen) atoms. The molecule has 0 saturated carbocycles. The number of rotatable bonds is 7. The Balaban J connectivity index is 3.13. The summed E-state index contributed by atoms with van der Waals surface area (Å²) in [5, 5.41) is 0. The lowest BCUT2D eigenvalue weighted by atomic mass is 9.95. The lowest BCUT2D eigenvalue weighted by molar-refractivity contribution is 0.482. The van der Waals surface area contributed by atoms with Gasteiger partial charge in [-0.15, -0.1) is 0 Å². The normalized spacial score (nSPS) is 11.8. The molecule has 0 amide bonds. The molecular formula is C16H31N5. The van der Waals surface area contributed by atoms with E-state index in [0.29, 0.717) is 11.7 Å². The van der Waals surface area contributed by atoms with E-state index in [1.807, 2.05) is 6.07 Å². The molecule has 0 unspecified atom stereocenters. The highest BCUT2D eigenvalue weighted by molar-refractivity contribution is 5.49. The molecule has 120 valence electrons. The number of nitrogens with zero attached hydrogens (tertiary/aromatic N) is 3. The topological polar surface area (TPSA) is 67.1 Å². The van der Waals surface area contributed by atoms with Crippen LogP contribution < -0.4 is 16.2 Å². The van der Waals surface area contributed by atoms with Gasteiger partial charge >= 0.3 is 0 Å². The molecule has 0 aliphatic rings. The van der Waals surface area contributed by atoms with E-state index in [4.69, 9.17) is 10.8 Å². The van der Waals surface area contributed by atoms with Gasteiger partial charge in [0.15, 0.2) is 0 Å². The fourth-order valence-corrected chi connectivity index (χ4v) is 2.25. The molecule has 0 fully saturated rings. The number of nitrogens with two attached hydrogens (primary N) is 1. The van der Waals surface area contributed by atoms with Gasteiger partial charge in [-0.1, -0.05) is 47.5 Å². The molecule has 3 N–H and O–H groups in total. The van der Waals surface area contributed by atoms with Crippen molar-refractivity contribution in [1.29, 1.82) is 0 Å².